The van der Waals surface area contributed by atoms with E-state index in [9.17, 15) is 9.59 Å². The van der Waals surface area contributed by atoms with Crippen LogP contribution in [0, 0.1) is 5.92 Å². The number of fused-ring (bicyclic) bond motifs is 3. The van der Waals surface area contributed by atoms with Crippen LogP contribution in [0.5, 0.6) is 5.75 Å². The molecule has 2 aromatic rings. The third-order valence-electron chi connectivity index (χ3n) is 6.89. The molecular weight excluding hydrogens is 430 g/mol. The van der Waals surface area contributed by atoms with Crippen molar-refractivity contribution >= 4 is 23.7 Å². The Bertz CT molecular complexity index is 1070. The monoisotopic (exact) mass is 461 g/mol. The third kappa shape index (κ3) is 3.93. The van der Waals surface area contributed by atoms with Gasteiger partial charge in [0.15, 0.2) is 0 Å². The van der Waals surface area contributed by atoms with Crippen molar-refractivity contribution in [1.29, 1.82) is 0 Å². The van der Waals surface area contributed by atoms with Gasteiger partial charge in [-0.1, -0.05) is 49.4 Å². The Labute approximate surface area is 200 Å². The molecule has 3 aliphatic rings. The zero-order chi connectivity index (χ0) is 23.8. The highest BCUT2D eigenvalue weighted by atomic mass is 16.5. The molecule has 3 heterocycles. The van der Waals surface area contributed by atoms with Crippen LogP contribution in [0.4, 0.5) is 10.5 Å². The zero-order valence-corrected chi connectivity index (χ0v) is 19.8. The molecular formula is C26H31N5O3. The maximum absolute atomic E-state index is 13.6. The van der Waals surface area contributed by atoms with Gasteiger partial charge >= 0.3 is 6.03 Å². The lowest BCUT2D eigenvalue weighted by molar-refractivity contribution is -0.138. The number of anilines is 1. The first-order valence-electron chi connectivity index (χ1n) is 11.7. The number of amides is 3. The summed E-state index contributed by atoms with van der Waals surface area (Å²) in [6.07, 6.45) is 3.28. The first-order valence-corrected chi connectivity index (χ1v) is 11.7. The third-order valence-corrected chi connectivity index (χ3v) is 6.89. The van der Waals surface area contributed by atoms with Crippen LogP contribution in [0.25, 0.3) is 6.08 Å². The molecule has 8 nitrogen and oxygen atoms in total. The van der Waals surface area contributed by atoms with Gasteiger partial charge in [0.05, 0.1) is 7.11 Å². The van der Waals surface area contributed by atoms with E-state index in [1.807, 2.05) is 66.7 Å². The van der Waals surface area contributed by atoms with E-state index < -0.39 is 6.04 Å². The van der Waals surface area contributed by atoms with Gasteiger partial charge in [0.25, 0.3) is 5.91 Å². The fourth-order valence-corrected chi connectivity index (χ4v) is 5.22. The van der Waals surface area contributed by atoms with Crippen LogP contribution in [0.3, 0.4) is 0 Å². The fourth-order valence-electron chi connectivity index (χ4n) is 5.22. The van der Waals surface area contributed by atoms with Crippen molar-refractivity contribution in [1.82, 2.24) is 20.0 Å². The van der Waals surface area contributed by atoms with Crippen molar-refractivity contribution in [2.24, 2.45) is 5.92 Å². The number of hydrogen-bond donors (Lipinski definition) is 1. The average Bonchev–Trinajstić information content (AvgIpc) is 3.24. The lowest BCUT2D eigenvalue weighted by Crippen LogP contribution is -2.66. The van der Waals surface area contributed by atoms with E-state index in [1.54, 1.807) is 19.1 Å². The summed E-state index contributed by atoms with van der Waals surface area (Å²) in [5.41, 5.74) is 2.09. The Balaban J connectivity index is 1.39. The van der Waals surface area contributed by atoms with Gasteiger partial charge < -0.3 is 14.5 Å². The second-order valence-corrected chi connectivity index (χ2v) is 9.24. The van der Waals surface area contributed by atoms with Crippen LogP contribution < -0.4 is 15.0 Å². The number of methoxy groups -OCH3 is 1. The molecule has 3 saturated heterocycles. The summed E-state index contributed by atoms with van der Waals surface area (Å²) in [5.74, 6) is 1.02. The molecule has 5 rings (SSSR count). The molecule has 3 aliphatic heterocycles. The highest BCUT2D eigenvalue weighted by molar-refractivity contribution is 6.00. The summed E-state index contributed by atoms with van der Waals surface area (Å²) >= 11 is 0. The van der Waals surface area contributed by atoms with Crippen LogP contribution in [0.2, 0.25) is 0 Å². The number of imide groups is 1. The minimum atomic E-state index is -0.429. The summed E-state index contributed by atoms with van der Waals surface area (Å²) < 4.78 is 5.31. The molecule has 4 atom stereocenters. The van der Waals surface area contributed by atoms with Crippen molar-refractivity contribution in [3.8, 4) is 5.75 Å². The molecule has 3 fully saturated rings. The summed E-state index contributed by atoms with van der Waals surface area (Å²) in [4.78, 5) is 34.3. The maximum atomic E-state index is 13.6. The molecule has 4 unspecified atom stereocenters. The van der Waals surface area contributed by atoms with Crippen LogP contribution in [0.1, 0.15) is 12.5 Å². The highest BCUT2D eigenvalue weighted by Gasteiger charge is 2.56. The predicted octanol–water partition coefficient (Wildman–Crippen LogP) is 2.64. The maximum Gasteiger partial charge on any atom is 0.328 e. The lowest BCUT2D eigenvalue weighted by atomic mass is 10.0. The molecule has 2 aromatic carbocycles. The fraction of sp³-hybridized carbons (Fsp3) is 0.385. The van der Waals surface area contributed by atoms with Crippen LogP contribution >= 0.6 is 0 Å². The van der Waals surface area contributed by atoms with Gasteiger partial charge in [-0.05, 0) is 35.7 Å². The van der Waals surface area contributed by atoms with Gasteiger partial charge in [0.2, 0.25) is 0 Å². The number of hydrogen-bond acceptors (Lipinski definition) is 6. The van der Waals surface area contributed by atoms with E-state index in [0.717, 1.165) is 30.1 Å². The van der Waals surface area contributed by atoms with Crippen molar-refractivity contribution < 1.29 is 14.3 Å². The Morgan fingerprint density at radius 3 is 2.50 bits per heavy atom. The minimum Gasteiger partial charge on any atom is -0.497 e. The normalized spacial score (nSPS) is 27.3. The van der Waals surface area contributed by atoms with Crippen LogP contribution in [0.15, 0.2) is 60.7 Å². The Morgan fingerprint density at radius 1 is 1.06 bits per heavy atom. The van der Waals surface area contributed by atoms with E-state index in [0.29, 0.717) is 5.92 Å². The minimum absolute atomic E-state index is 0.149. The standard InChI is InChI=1S/C26H31N5O3/c1-18-16-30(20-11-13-21(34-3)14-12-20)25-27-23-22(31(25)17-18)24(32)29(26(33)28(23)2)15-7-10-19-8-5-4-6-9-19/h4-14,18,22-23,25,27H,15-17H2,1-3H3/b10-7+. The Kier molecular flexibility index (Phi) is 6.02. The van der Waals surface area contributed by atoms with Gasteiger partial charge in [-0.3, -0.25) is 19.9 Å². The van der Waals surface area contributed by atoms with Crippen molar-refractivity contribution in [2.45, 2.75) is 25.4 Å². The number of urea groups is 1. The van der Waals surface area contributed by atoms with E-state index in [1.165, 1.54) is 4.90 Å². The first kappa shape index (κ1) is 22.4. The van der Waals surface area contributed by atoms with Crippen molar-refractivity contribution in [3.63, 3.8) is 0 Å². The van der Waals surface area contributed by atoms with Crippen molar-refractivity contribution in [2.75, 3.05) is 38.7 Å². The number of benzene rings is 2. The number of nitrogens with one attached hydrogen (secondary N) is 1. The molecule has 8 heteroatoms. The SMILES string of the molecule is COc1ccc(N2CC(C)CN3C4C(=O)N(C/C=C/c5ccccc5)C(=O)N(C)C4NC23)cc1. The van der Waals surface area contributed by atoms with E-state index >= 15 is 0 Å². The van der Waals surface area contributed by atoms with Gasteiger partial charge in [-0.2, -0.15) is 0 Å². The number of likely N-dealkylation sites (N-methyl/N-ethyl adjacent to an activating group) is 1. The molecule has 34 heavy (non-hydrogen) atoms. The molecule has 3 amide bonds. The number of ether oxygens (including phenoxy) is 1. The summed E-state index contributed by atoms with van der Waals surface area (Å²) in [5, 5.41) is 3.57. The molecule has 0 aromatic heterocycles. The number of nitrogens with zero attached hydrogens (tertiary/aromatic N) is 4. The largest absolute Gasteiger partial charge is 0.497 e. The van der Waals surface area contributed by atoms with Gasteiger partial charge in [-0.15, -0.1) is 0 Å². The van der Waals surface area contributed by atoms with E-state index in [-0.39, 0.29) is 30.9 Å². The van der Waals surface area contributed by atoms with Gasteiger partial charge in [-0.25, -0.2) is 4.79 Å². The molecule has 0 saturated carbocycles. The second-order valence-electron chi connectivity index (χ2n) is 9.24. The highest BCUT2D eigenvalue weighted by Crippen LogP contribution is 2.34. The lowest BCUT2D eigenvalue weighted by Gasteiger charge is -2.46. The summed E-state index contributed by atoms with van der Waals surface area (Å²) in [6.45, 7) is 4.08. The van der Waals surface area contributed by atoms with Crippen LogP contribution in [-0.2, 0) is 4.79 Å². The molecule has 1 N–H and O–H groups in total. The molecule has 0 bridgehead atoms. The Hall–Kier alpha value is -3.36. The summed E-state index contributed by atoms with van der Waals surface area (Å²) in [7, 11) is 3.43. The first-order chi connectivity index (χ1) is 16.5. The number of rotatable bonds is 5. The zero-order valence-electron chi connectivity index (χ0n) is 19.8. The van der Waals surface area contributed by atoms with Crippen LogP contribution in [-0.4, -0.2) is 78.9 Å². The quantitative estimate of drug-likeness (QED) is 0.739. The summed E-state index contributed by atoms with van der Waals surface area (Å²) in [6, 6.07) is 17.1. The van der Waals surface area contributed by atoms with E-state index in [4.69, 9.17) is 4.74 Å². The van der Waals surface area contributed by atoms with Gasteiger partial charge in [0.1, 0.15) is 24.2 Å². The van der Waals surface area contributed by atoms with Gasteiger partial charge in [0, 0.05) is 32.4 Å². The number of carbonyl (C=O) groups is 2. The molecule has 0 spiro atoms. The predicted molar refractivity (Wildman–Crippen MR) is 131 cm³/mol. The number of carbonyl (C=O) groups excluding carboxylic acids is 2. The smallest absolute Gasteiger partial charge is 0.328 e. The topological polar surface area (TPSA) is 68.4 Å². The Morgan fingerprint density at radius 2 is 1.79 bits per heavy atom. The molecule has 178 valence electrons. The molecule has 0 aliphatic carbocycles. The van der Waals surface area contributed by atoms with E-state index in [2.05, 4.69) is 22.0 Å². The second kappa shape index (κ2) is 9.12. The van der Waals surface area contributed by atoms with Crippen molar-refractivity contribution in [3.05, 3.63) is 66.2 Å². The molecule has 0 radical (unpaired) electrons. The average molecular weight is 462 g/mol.